The quantitative estimate of drug-likeness (QED) is 0.899. The summed E-state index contributed by atoms with van der Waals surface area (Å²) in [7, 11) is 3.70. The van der Waals surface area contributed by atoms with Gasteiger partial charge >= 0.3 is 0 Å². The Balaban J connectivity index is 2.22. The highest BCUT2D eigenvalue weighted by atomic mass is 16.5. The Morgan fingerprint density at radius 1 is 1.45 bits per heavy atom. The molecule has 1 heterocycles. The molecule has 1 aromatic rings. The first kappa shape index (κ1) is 15.4. The zero-order chi connectivity index (χ0) is 14.8. The van der Waals surface area contributed by atoms with Crippen molar-refractivity contribution in [1.82, 2.24) is 15.5 Å². The minimum Gasteiger partial charge on any atom is -0.370 e. The van der Waals surface area contributed by atoms with Gasteiger partial charge in [0.25, 0.3) is 0 Å². The van der Waals surface area contributed by atoms with Gasteiger partial charge in [0.1, 0.15) is 5.60 Å². The van der Waals surface area contributed by atoms with E-state index in [1.807, 2.05) is 7.05 Å². The number of hydrogen-bond acceptors (Lipinski definition) is 5. The number of hydrogen-bond donors (Lipinski definition) is 1. The van der Waals surface area contributed by atoms with Gasteiger partial charge in [-0.25, -0.2) is 0 Å². The summed E-state index contributed by atoms with van der Waals surface area (Å²) in [6, 6.07) is 0.298. The minimum atomic E-state index is -0.359. The molecule has 0 amide bonds. The summed E-state index contributed by atoms with van der Waals surface area (Å²) in [5.74, 6) is 2.24. The number of aromatic nitrogens is 2. The zero-order valence-electron chi connectivity index (χ0n) is 13.3. The van der Waals surface area contributed by atoms with Crippen LogP contribution >= 0.6 is 0 Å². The van der Waals surface area contributed by atoms with Gasteiger partial charge in [-0.2, -0.15) is 4.98 Å². The van der Waals surface area contributed by atoms with Gasteiger partial charge < -0.3 is 14.6 Å². The third kappa shape index (κ3) is 2.88. The van der Waals surface area contributed by atoms with Gasteiger partial charge in [-0.1, -0.05) is 25.4 Å². The summed E-state index contributed by atoms with van der Waals surface area (Å²) >= 11 is 0. The van der Waals surface area contributed by atoms with E-state index >= 15 is 0 Å². The van der Waals surface area contributed by atoms with Crippen molar-refractivity contribution in [3.05, 3.63) is 11.7 Å². The van der Waals surface area contributed by atoms with E-state index in [9.17, 15) is 0 Å². The van der Waals surface area contributed by atoms with Crippen molar-refractivity contribution in [3.8, 4) is 0 Å². The Kier molecular flexibility index (Phi) is 4.81. The first-order valence-electron chi connectivity index (χ1n) is 7.59. The Bertz CT molecular complexity index is 435. The molecule has 0 saturated heterocycles. The molecule has 1 saturated carbocycles. The summed E-state index contributed by atoms with van der Waals surface area (Å²) in [6.45, 7) is 6.48. The van der Waals surface area contributed by atoms with E-state index in [0.717, 1.165) is 25.1 Å². The molecule has 5 heteroatoms. The van der Waals surface area contributed by atoms with E-state index in [1.54, 1.807) is 7.11 Å². The fourth-order valence-corrected chi connectivity index (χ4v) is 3.05. The standard InChI is InChI=1S/C15H27N3O2/c1-10-7-6-8-15(9-10,19-5)14-17-13(20-18-14)11(2)12(3)16-4/h10-12,16H,6-9H2,1-5H3. The number of nitrogens with one attached hydrogen (secondary N) is 1. The predicted molar refractivity (Wildman–Crippen MR) is 77.6 cm³/mol. The van der Waals surface area contributed by atoms with Crippen molar-refractivity contribution >= 4 is 0 Å². The van der Waals surface area contributed by atoms with Gasteiger partial charge in [-0.05, 0) is 39.2 Å². The van der Waals surface area contributed by atoms with Crippen LogP contribution in [0.5, 0.6) is 0 Å². The molecule has 4 unspecified atom stereocenters. The topological polar surface area (TPSA) is 60.2 Å². The third-order valence-corrected chi connectivity index (χ3v) is 4.79. The van der Waals surface area contributed by atoms with E-state index in [0.29, 0.717) is 17.9 Å². The van der Waals surface area contributed by atoms with Crippen LogP contribution in [0.25, 0.3) is 0 Å². The van der Waals surface area contributed by atoms with Crippen LogP contribution in [-0.2, 0) is 10.3 Å². The van der Waals surface area contributed by atoms with Gasteiger partial charge in [0.2, 0.25) is 11.7 Å². The Labute approximate surface area is 121 Å². The lowest BCUT2D eigenvalue weighted by molar-refractivity contribution is -0.0658. The van der Waals surface area contributed by atoms with Gasteiger partial charge in [0.15, 0.2) is 0 Å². The summed E-state index contributed by atoms with van der Waals surface area (Å²) in [5.41, 5.74) is -0.359. The summed E-state index contributed by atoms with van der Waals surface area (Å²) in [6.07, 6.45) is 4.35. The van der Waals surface area contributed by atoms with Gasteiger partial charge in [-0.15, -0.1) is 0 Å². The molecule has 1 aliphatic carbocycles. The maximum atomic E-state index is 5.81. The smallest absolute Gasteiger partial charge is 0.231 e. The molecule has 4 atom stereocenters. The first-order chi connectivity index (χ1) is 9.52. The highest BCUT2D eigenvalue weighted by Gasteiger charge is 2.41. The van der Waals surface area contributed by atoms with Crippen molar-refractivity contribution in [3.63, 3.8) is 0 Å². The molecular formula is C15H27N3O2. The maximum absolute atomic E-state index is 5.81. The molecule has 20 heavy (non-hydrogen) atoms. The van der Waals surface area contributed by atoms with Gasteiger partial charge in [-0.3, -0.25) is 0 Å². The van der Waals surface area contributed by atoms with Crippen molar-refractivity contribution < 1.29 is 9.26 Å². The molecule has 114 valence electrons. The average Bonchev–Trinajstić information content (AvgIpc) is 2.95. The Hall–Kier alpha value is -0.940. The molecule has 1 aromatic heterocycles. The fourth-order valence-electron chi connectivity index (χ4n) is 3.05. The average molecular weight is 281 g/mol. The summed E-state index contributed by atoms with van der Waals surface area (Å²) < 4.78 is 11.3. The van der Waals surface area contributed by atoms with Crippen LogP contribution in [0, 0.1) is 5.92 Å². The molecular weight excluding hydrogens is 254 g/mol. The fraction of sp³-hybridized carbons (Fsp3) is 0.867. The summed E-state index contributed by atoms with van der Waals surface area (Å²) in [5, 5.41) is 7.44. The van der Waals surface area contributed by atoms with Crippen LogP contribution in [0.4, 0.5) is 0 Å². The largest absolute Gasteiger partial charge is 0.370 e. The van der Waals surface area contributed by atoms with Crippen molar-refractivity contribution in [2.45, 2.75) is 64.0 Å². The van der Waals surface area contributed by atoms with Gasteiger partial charge in [0, 0.05) is 13.2 Å². The molecule has 0 bridgehead atoms. The van der Waals surface area contributed by atoms with Crippen LogP contribution in [0.3, 0.4) is 0 Å². The highest BCUT2D eigenvalue weighted by molar-refractivity contribution is 5.06. The molecule has 0 aromatic carbocycles. The number of ether oxygens (including phenoxy) is 1. The molecule has 0 aliphatic heterocycles. The zero-order valence-corrected chi connectivity index (χ0v) is 13.3. The van der Waals surface area contributed by atoms with Crippen LogP contribution in [-0.4, -0.2) is 30.3 Å². The molecule has 1 N–H and O–H groups in total. The summed E-state index contributed by atoms with van der Waals surface area (Å²) in [4.78, 5) is 4.64. The monoisotopic (exact) mass is 281 g/mol. The van der Waals surface area contributed by atoms with Gasteiger partial charge in [0.05, 0.1) is 5.92 Å². The number of nitrogens with zero attached hydrogens (tertiary/aromatic N) is 2. The maximum Gasteiger partial charge on any atom is 0.231 e. The van der Waals surface area contributed by atoms with Crippen LogP contribution < -0.4 is 5.32 Å². The predicted octanol–water partition coefficient (Wildman–Crippen LogP) is 2.83. The second kappa shape index (κ2) is 6.22. The second-order valence-electron chi connectivity index (χ2n) is 6.22. The van der Waals surface area contributed by atoms with Crippen molar-refractivity contribution in [2.75, 3.05) is 14.2 Å². The van der Waals surface area contributed by atoms with Crippen LogP contribution in [0.1, 0.15) is 64.1 Å². The third-order valence-electron chi connectivity index (χ3n) is 4.79. The normalized spacial score (nSPS) is 30.1. The van der Waals surface area contributed by atoms with E-state index in [1.165, 1.54) is 6.42 Å². The SMILES string of the molecule is CNC(C)C(C)c1nc(C2(OC)CCCC(C)C2)no1. The molecule has 2 rings (SSSR count). The number of rotatable bonds is 5. The lowest BCUT2D eigenvalue weighted by Crippen LogP contribution is -2.35. The molecule has 1 fully saturated rings. The molecule has 5 nitrogen and oxygen atoms in total. The highest BCUT2D eigenvalue weighted by Crippen LogP contribution is 2.41. The molecule has 0 spiro atoms. The lowest BCUT2D eigenvalue weighted by atomic mass is 9.78. The van der Waals surface area contributed by atoms with E-state index in [4.69, 9.17) is 9.26 Å². The lowest BCUT2D eigenvalue weighted by Gasteiger charge is -2.36. The van der Waals surface area contributed by atoms with E-state index in [-0.39, 0.29) is 11.5 Å². The van der Waals surface area contributed by atoms with Crippen molar-refractivity contribution in [1.29, 1.82) is 0 Å². The van der Waals surface area contributed by atoms with Crippen LogP contribution in [0.15, 0.2) is 4.52 Å². The second-order valence-corrected chi connectivity index (χ2v) is 6.22. The Morgan fingerprint density at radius 2 is 2.20 bits per heavy atom. The minimum absolute atomic E-state index is 0.191. The van der Waals surface area contributed by atoms with Crippen LogP contribution in [0.2, 0.25) is 0 Å². The van der Waals surface area contributed by atoms with Crippen molar-refractivity contribution in [2.24, 2.45) is 5.92 Å². The molecule has 1 aliphatic rings. The Morgan fingerprint density at radius 3 is 2.80 bits per heavy atom. The molecule has 0 radical (unpaired) electrons. The number of methoxy groups -OCH3 is 1. The van der Waals surface area contributed by atoms with E-state index in [2.05, 4.69) is 36.2 Å². The first-order valence-corrected chi connectivity index (χ1v) is 7.59. The van der Waals surface area contributed by atoms with E-state index < -0.39 is 0 Å². The number of likely N-dealkylation sites (N-methyl/N-ethyl adjacent to an activating group) is 1.